The number of nitrogens with zero attached hydrogens (tertiary/aromatic N) is 1. The van der Waals surface area contributed by atoms with Gasteiger partial charge in [-0.05, 0) is 43.4 Å². The maximum Gasteiger partial charge on any atom is 0.191 e. The summed E-state index contributed by atoms with van der Waals surface area (Å²) in [4.78, 5) is 4.63. The lowest BCUT2D eigenvalue weighted by atomic mass is 10.1. The highest BCUT2D eigenvalue weighted by Crippen LogP contribution is 2.25. The number of guanidine groups is 1. The van der Waals surface area contributed by atoms with Crippen molar-refractivity contribution in [3.63, 3.8) is 0 Å². The molecule has 1 aromatic carbocycles. The Kier molecular flexibility index (Phi) is 7.58. The van der Waals surface area contributed by atoms with Crippen LogP contribution in [0.3, 0.4) is 0 Å². The number of hydrogen-bond donors (Lipinski definition) is 2. The van der Waals surface area contributed by atoms with E-state index >= 15 is 0 Å². The third kappa shape index (κ3) is 5.88. The second kappa shape index (κ2) is 10.4. The van der Waals surface area contributed by atoms with Gasteiger partial charge in [0.25, 0.3) is 0 Å². The molecule has 1 atom stereocenters. The summed E-state index contributed by atoms with van der Waals surface area (Å²) in [6, 6.07) is 6.50. The summed E-state index contributed by atoms with van der Waals surface area (Å²) in [6.45, 7) is 7.69. The molecule has 0 saturated carbocycles. The van der Waals surface area contributed by atoms with Gasteiger partial charge in [0.2, 0.25) is 0 Å². The average Bonchev–Trinajstić information content (AvgIpc) is 3.32. The molecule has 1 fully saturated rings. The number of hydrogen-bond acceptors (Lipinski definition) is 4. The van der Waals surface area contributed by atoms with Gasteiger partial charge < -0.3 is 24.8 Å². The van der Waals surface area contributed by atoms with Crippen LogP contribution in [-0.4, -0.2) is 58.1 Å². The highest BCUT2D eigenvalue weighted by Gasteiger charge is 2.15. The average molecular weight is 361 g/mol. The molecule has 6 heteroatoms. The normalized spacial score (nSPS) is 19.3. The Hall–Kier alpha value is -1.79. The van der Waals surface area contributed by atoms with E-state index in [2.05, 4.69) is 40.7 Å². The van der Waals surface area contributed by atoms with Crippen LogP contribution in [0.5, 0.6) is 5.75 Å². The van der Waals surface area contributed by atoms with E-state index in [1.54, 1.807) is 0 Å². The van der Waals surface area contributed by atoms with Gasteiger partial charge in [0.05, 0.1) is 19.3 Å². The minimum Gasteiger partial charge on any atom is -0.493 e. The second-order valence-corrected chi connectivity index (χ2v) is 6.69. The standard InChI is InChI=1S/C20H31N3O3/c1-2-21-20(22-9-3-11-25-18-8-12-24-15-18)23-10-6-16-4-5-19-17(14-16)7-13-26-19/h4-5,14,18H,2-3,6-13,15H2,1H3,(H2,21,22,23). The van der Waals surface area contributed by atoms with Gasteiger partial charge in [-0.3, -0.25) is 4.99 Å². The molecule has 2 aliphatic heterocycles. The molecule has 144 valence electrons. The molecule has 2 N–H and O–H groups in total. The van der Waals surface area contributed by atoms with Gasteiger partial charge in [0.15, 0.2) is 5.96 Å². The summed E-state index contributed by atoms with van der Waals surface area (Å²) in [5.74, 6) is 1.92. The molecule has 1 aromatic rings. The molecular weight excluding hydrogens is 330 g/mol. The van der Waals surface area contributed by atoms with E-state index in [1.165, 1.54) is 11.1 Å². The lowest BCUT2D eigenvalue weighted by Gasteiger charge is -2.12. The van der Waals surface area contributed by atoms with E-state index in [-0.39, 0.29) is 6.10 Å². The van der Waals surface area contributed by atoms with Crippen molar-refractivity contribution >= 4 is 5.96 Å². The number of ether oxygens (including phenoxy) is 3. The highest BCUT2D eigenvalue weighted by molar-refractivity contribution is 5.79. The molecule has 3 rings (SSSR count). The molecule has 0 amide bonds. The summed E-state index contributed by atoms with van der Waals surface area (Å²) >= 11 is 0. The topological polar surface area (TPSA) is 64.1 Å². The number of aliphatic imine (C=N–C) groups is 1. The minimum atomic E-state index is 0.281. The van der Waals surface area contributed by atoms with Crippen molar-refractivity contribution in [1.82, 2.24) is 10.6 Å². The smallest absolute Gasteiger partial charge is 0.191 e. The third-order valence-electron chi connectivity index (χ3n) is 4.62. The van der Waals surface area contributed by atoms with E-state index in [9.17, 15) is 0 Å². The van der Waals surface area contributed by atoms with Crippen LogP contribution in [-0.2, 0) is 22.3 Å². The number of nitrogens with one attached hydrogen (secondary N) is 2. The van der Waals surface area contributed by atoms with Crippen molar-refractivity contribution in [2.75, 3.05) is 46.1 Å². The van der Waals surface area contributed by atoms with Crippen molar-refractivity contribution in [3.05, 3.63) is 29.3 Å². The lowest BCUT2D eigenvalue weighted by Crippen LogP contribution is -2.38. The molecule has 2 aliphatic rings. The van der Waals surface area contributed by atoms with Gasteiger partial charge in [0, 0.05) is 39.3 Å². The van der Waals surface area contributed by atoms with Gasteiger partial charge in [-0.15, -0.1) is 0 Å². The molecular formula is C20H31N3O3. The zero-order valence-corrected chi connectivity index (χ0v) is 15.8. The molecule has 0 aromatic heterocycles. The zero-order valence-electron chi connectivity index (χ0n) is 15.8. The van der Waals surface area contributed by atoms with Crippen molar-refractivity contribution in [3.8, 4) is 5.75 Å². The number of benzene rings is 1. The first-order valence-corrected chi connectivity index (χ1v) is 9.81. The highest BCUT2D eigenvalue weighted by atomic mass is 16.5. The second-order valence-electron chi connectivity index (χ2n) is 6.69. The molecule has 26 heavy (non-hydrogen) atoms. The molecule has 2 heterocycles. The fourth-order valence-corrected chi connectivity index (χ4v) is 3.21. The van der Waals surface area contributed by atoms with Gasteiger partial charge in [-0.2, -0.15) is 0 Å². The number of fused-ring (bicyclic) bond motifs is 1. The van der Waals surface area contributed by atoms with Crippen molar-refractivity contribution in [1.29, 1.82) is 0 Å². The summed E-state index contributed by atoms with van der Waals surface area (Å²) in [7, 11) is 0. The Morgan fingerprint density at radius 3 is 3.12 bits per heavy atom. The third-order valence-corrected chi connectivity index (χ3v) is 4.62. The molecule has 0 spiro atoms. The SMILES string of the molecule is CCNC(=NCCCOC1CCOC1)NCCc1ccc2c(c1)CCO2. The fourth-order valence-electron chi connectivity index (χ4n) is 3.21. The predicted molar refractivity (Wildman–Crippen MR) is 103 cm³/mol. The van der Waals surface area contributed by atoms with Crippen molar-refractivity contribution < 1.29 is 14.2 Å². The van der Waals surface area contributed by atoms with Gasteiger partial charge in [-0.25, -0.2) is 0 Å². The van der Waals surface area contributed by atoms with Crippen LogP contribution >= 0.6 is 0 Å². The van der Waals surface area contributed by atoms with Crippen LogP contribution in [0.25, 0.3) is 0 Å². The van der Waals surface area contributed by atoms with Crippen LogP contribution in [0.1, 0.15) is 30.9 Å². The minimum absolute atomic E-state index is 0.281. The van der Waals surface area contributed by atoms with Gasteiger partial charge in [0.1, 0.15) is 5.75 Å². The summed E-state index contributed by atoms with van der Waals surface area (Å²) < 4.78 is 16.6. The van der Waals surface area contributed by atoms with Crippen molar-refractivity contribution in [2.45, 2.75) is 38.7 Å². The van der Waals surface area contributed by atoms with E-state index in [4.69, 9.17) is 14.2 Å². The molecule has 1 unspecified atom stereocenters. The first-order chi connectivity index (χ1) is 12.8. The van der Waals surface area contributed by atoms with E-state index in [0.717, 1.165) is 83.5 Å². The maximum absolute atomic E-state index is 5.77. The number of rotatable bonds is 9. The molecule has 0 aliphatic carbocycles. The first-order valence-electron chi connectivity index (χ1n) is 9.81. The maximum atomic E-state index is 5.77. The van der Waals surface area contributed by atoms with Crippen LogP contribution in [0.2, 0.25) is 0 Å². The summed E-state index contributed by atoms with van der Waals surface area (Å²) in [5, 5.41) is 6.72. The Bertz CT molecular complexity index is 586. The Morgan fingerprint density at radius 2 is 2.27 bits per heavy atom. The predicted octanol–water partition coefficient (Wildman–Crippen LogP) is 1.91. The van der Waals surface area contributed by atoms with Crippen LogP contribution in [0.15, 0.2) is 23.2 Å². The summed E-state index contributed by atoms with van der Waals surface area (Å²) in [5.41, 5.74) is 2.67. The fraction of sp³-hybridized carbons (Fsp3) is 0.650. The molecule has 0 bridgehead atoms. The van der Waals surface area contributed by atoms with E-state index in [0.29, 0.717) is 0 Å². The molecule has 6 nitrogen and oxygen atoms in total. The van der Waals surface area contributed by atoms with Crippen molar-refractivity contribution in [2.24, 2.45) is 4.99 Å². The Morgan fingerprint density at radius 1 is 1.31 bits per heavy atom. The van der Waals surface area contributed by atoms with Crippen LogP contribution in [0, 0.1) is 0 Å². The molecule has 0 radical (unpaired) electrons. The van der Waals surface area contributed by atoms with Gasteiger partial charge in [-0.1, -0.05) is 12.1 Å². The van der Waals surface area contributed by atoms with Crippen LogP contribution in [0.4, 0.5) is 0 Å². The first kappa shape index (κ1) is 19.0. The Balaban J connectivity index is 1.35. The van der Waals surface area contributed by atoms with Gasteiger partial charge >= 0.3 is 0 Å². The van der Waals surface area contributed by atoms with Crippen LogP contribution < -0.4 is 15.4 Å². The monoisotopic (exact) mass is 361 g/mol. The van der Waals surface area contributed by atoms with E-state index in [1.807, 2.05) is 0 Å². The Labute approximate surface area is 156 Å². The molecule has 1 saturated heterocycles. The quantitative estimate of drug-likeness (QED) is 0.400. The largest absolute Gasteiger partial charge is 0.493 e. The zero-order chi connectivity index (χ0) is 18.0. The lowest BCUT2D eigenvalue weighted by molar-refractivity contribution is 0.0424. The summed E-state index contributed by atoms with van der Waals surface area (Å²) in [6.07, 6.45) is 4.22. The van der Waals surface area contributed by atoms with E-state index < -0.39 is 0 Å².